The molecule has 0 bridgehead atoms. The topological polar surface area (TPSA) is 49.7 Å². The van der Waals surface area contributed by atoms with Crippen LogP contribution in [-0.4, -0.2) is 29.0 Å². The fourth-order valence-corrected chi connectivity index (χ4v) is 3.10. The van der Waals surface area contributed by atoms with E-state index in [9.17, 15) is 9.59 Å². The van der Waals surface area contributed by atoms with Gasteiger partial charge in [0.05, 0.1) is 29.1 Å². The first-order valence-electron chi connectivity index (χ1n) is 7.46. The molecule has 4 nitrogen and oxygen atoms in total. The quantitative estimate of drug-likeness (QED) is 0.801. The predicted molar refractivity (Wildman–Crippen MR) is 87.5 cm³/mol. The first-order valence-corrected chi connectivity index (χ1v) is 7.46. The molecule has 0 radical (unpaired) electrons. The summed E-state index contributed by atoms with van der Waals surface area (Å²) < 4.78 is 0. The van der Waals surface area contributed by atoms with Gasteiger partial charge in [-0.15, -0.1) is 0 Å². The second kappa shape index (κ2) is 5.02. The van der Waals surface area contributed by atoms with Crippen LogP contribution in [0.4, 0.5) is 0 Å². The number of rotatable bonds is 2. The lowest BCUT2D eigenvalue weighted by Gasteiger charge is -2.16. The highest BCUT2D eigenvalue weighted by molar-refractivity contribution is 6.24. The highest BCUT2D eigenvalue weighted by Gasteiger charge is 2.39. The smallest absolute Gasteiger partial charge is 0.265 e. The molecule has 2 aliphatic heterocycles. The number of hydrogen-bond acceptors (Lipinski definition) is 3. The average Bonchev–Trinajstić information content (AvgIpc) is 3.07. The summed E-state index contributed by atoms with van der Waals surface area (Å²) in [5.74, 6) is -0.520. The van der Waals surface area contributed by atoms with Crippen molar-refractivity contribution in [2.45, 2.75) is 6.92 Å². The van der Waals surface area contributed by atoms with Gasteiger partial charge in [-0.3, -0.25) is 14.6 Å². The highest BCUT2D eigenvalue weighted by Crippen LogP contribution is 2.30. The largest absolute Gasteiger partial charge is 0.278 e. The van der Waals surface area contributed by atoms with Gasteiger partial charge < -0.3 is 0 Å². The van der Waals surface area contributed by atoms with Gasteiger partial charge in [-0.1, -0.05) is 42.5 Å². The van der Waals surface area contributed by atoms with Crippen molar-refractivity contribution in [3.63, 3.8) is 0 Å². The SMILES string of the molecule is CC1=C(N2C(=O)c3ccccc3C2=O)CN=C1c1ccccc1. The minimum absolute atomic E-state index is 0.260. The Hall–Kier alpha value is -3.01. The molecule has 0 N–H and O–H groups in total. The second-order valence-electron chi connectivity index (χ2n) is 5.59. The predicted octanol–water partition coefficient (Wildman–Crippen LogP) is 3.06. The molecule has 0 fully saturated rings. The normalized spacial score (nSPS) is 16.9. The van der Waals surface area contributed by atoms with Gasteiger partial charge in [-0.05, 0) is 24.6 Å². The van der Waals surface area contributed by atoms with Crippen LogP contribution < -0.4 is 0 Å². The maximum Gasteiger partial charge on any atom is 0.265 e. The van der Waals surface area contributed by atoms with Crippen molar-refractivity contribution >= 4 is 17.5 Å². The molecule has 4 rings (SSSR count). The third-order valence-electron chi connectivity index (χ3n) is 4.29. The van der Waals surface area contributed by atoms with E-state index in [0.29, 0.717) is 23.4 Å². The number of aliphatic imine (C=N–C) groups is 1. The number of fused-ring (bicyclic) bond motifs is 1. The number of hydrogen-bond donors (Lipinski definition) is 0. The third kappa shape index (κ3) is 1.95. The van der Waals surface area contributed by atoms with Gasteiger partial charge in [0.25, 0.3) is 11.8 Å². The van der Waals surface area contributed by atoms with Crippen molar-refractivity contribution in [3.8, 4) is 0 Å². The standard InChI is InChI=1S/C19H14N2O2/c1-12-16(11-20-17(12)13-7-3-2-4-8-13)21-18(22)14-9-5-6-10-15(14)19(21)23/h2-10H,11H2,1H3. The van der Waals surface area contributed by atoms with E-state index in [4.69, 9.17) is 0 Å². The molecule has 2 aromatic carbocycles. The van der Waals surface area contributed by atoms with Crippen molar-refractivity contribution in [2.24, 2.45) is 4.99 Å². The zero-order valence-corrected chi connectivity index (χ0v) is 12.6. The Morgan fingerprint density at radius 1 is 0.870 bits per heavy atom. The third-order valence-corrected chi connectivity index (χ3v) is 4.29. The summed E-state index contributed by atoms with van der Waals surface area (Å²) >= 11 is 0. The molecular formula is C19H14N2O2. The van der Waals surface area contributed by atoms with Crippen molar-refractivity contribution in [2.75, 3.05) is 6.54 Å². The molecule has 0 aliphatic carbocycles. The molecule has 2 aromatic rings. The Kier molecular flexibility index (Phi) is 2.98. The number of carbonyl (C=O) groups is 2. The highest BCUT2D eigenvalue weighted by atomic mass is 16.2. The lowest BCUT2D eigenvalue weighted by atomic mass is 10.0. The number of benzene rings is 2. The van der Waals surface area contributed by atoms with Gasteiger partial charge in [-0.25, -0.2) is 4.90 Å². The van der Waals surface area contributed by atoms with Gasteiger partial charge in [0.1, 0.15) is 0 Å². The minimum Gasteiger partial charge on any atom is -0.278 e. The van der Waals surface area contributed by atoms with Crippen molar-refractivity contribution < 1.29 is 9.59 Å². The first kappa shape index (κ1) is 13.6. The molecule has 0 unspecified atom stereocenters. The Labute approximate surface area is 133 Å². The fourth-order valence-electron chi connectivity index (χ4n) is 3.10. The maximum atomic E-state index is 12.6. The van der Waals surface area contributed by atoms with E-state index in [1.165, 1.54) is 4.90 Å². The number of imide groups is 1. The summed E-state index contributed by atoms with van der Waals surface area (Å²) in [6.07, 6.45) is 0. The summed E-state index contributed by atoms with van der Waals surface area (Å²) in [6, 6.07) is 16.7. The van der Waals surface area contributed by atoms with E-state index < -0.39 is 0 Å². The van der Waals surface area contributed by atoms with Crippen molar-refractivity contribution in [3.05, 3.63) is 82.6 Å². The van der Waals surface area contributed by atoms with Crippen LogP contribution in [0, 0.1) is 0 Å². The van der Waals surface area contributed by atoms with E-state index in [-0.39, 0.29) is 11.8 Å². The van der Waals surface area contributed by atoms with E-state index in [1.807, 2.05) is 37.3 Å². The molecule has 0 spiro atoms. The van der Waals surface area contributed by atoms with Gasteiger partial charge in [0.15, 0.2) is 0 Å². The van der Waals surface area contributed by atoms with Gasteiger partial charge >= 0.3 is 0 Å². The molecule has 2 aliphatic rings. The lowest BCUT2D eigenvalue weighted by Crippen LogP contribution is -2.30. The Bertz CT molecular complexity index is 860. The molecule has 2 amide bonds. The number of amides is 2. The molecule has 23 heavy (non-hydrogen) atoms. The molecule has 0 aromatic heterocycles. The molecule has 4 heteroatoms. The van der Waals surface area contributed by atoms with Gasteiger partial charge in [-0.2, -0.15) is 0 Å². The fraction of sp³-hybridized carbons (Fsp3) is 0.105. The van der Waals surface area contributed by atoms with Crippen LogP contribution in [0.3, 0.4) is 0 Å². The van der Waals surface area contributed by atoms with Crippen LogP contribution in [0.15, 0.2) is 70.9 Å². The first-order chi connectivity index (χ1) is 11.2. The van der Waals surface area contributed by atoms with Gasteiger partial charge in [0, 0.05) is 5.56 Å². The van der Waals surface area contributed by atoms with E-state index in [2.05, 4.69) is 4.99 Å². The summed E-state index contributed by atoms with van der Waals surface area (Å²) in [7, 11) is 0. The number of nitrogens with zero attached hydrogens (tertiary/aromatic N) is 2. The summed E-state index contributed by atoms with van der Waals surface area (Å²) in [5.41, 5.74) is 4.33. The molecule has 0 atom stereocenters. The zero-order valence-electron chi connectivity index (χ0n) is 12.6. The molecular weight excluding hydrogens is 288 g/mol. The molecule has 0 saturated carbocycles. The monoisotopic (exact) mass is 302 g/mol. The maximum absolute atomic E-state index is 12.6. The number of allylic oxidation sites excluding steroid dienone is 1. The van der Waals surface area contributed by atoms with E-state index in [0.717, 1.165) is 16.8 Å². The van der Waals surface area contributed by atoms with Crippen molar-refractivity contribution in [1.82, 2.24) is 4.90 Å². The van der Waals surface area contributed by atoms with Gasteiger partial charge in [0.2, 0.25) is 0 Å². The second-order valence-corrected chi connectivity index (χ2v) is 5.59. The summed E-state index contributed by atoms with van der Waals surface area (Å²) in [4.78, 5) is 31.0. The Balaban J connectivity index is 1.75. The summed E-state index contributed by atoms with van der Waals surface area (Å²) in [6.45, 7) is 2.26. The van der Waals surface area contributed by atoms with E-state index in [1.54, 1.807) is 24.3 Å². The van der Waals surface area contributed by atoms with Crippen molar-refractivity contribution in [1.29, 1.82) is 0 Å². The Morgan fingerprint density at radius 3 is 2.04 bits per heavy atom. The molecule has 2 heterocycles. The Morgan fingerprint density at radius 2 is 1.43 bits per heavy atom. The average molecular weight is 302 g/mol. The molecule has 112 valence electrons. The van der Waals surface area contributed by atoms with Crippen LogP contribution in [-0.2, 0) is 0 Å². The van der Waals surface area contributed by atoms with Crippen LogP contribution in [0.1, 0.15) is 33.2 Å². The van der Waals surface area contributed by atoms with Crippen LogP contribution in [0.25, 0.3) is 0 Å². The minimum atomic E-state index is -0.260. The van der Waals surface area contributed by atoms with Crippen LogP contribution in [0.5, 0.6) is 0 Å². The van der Waals surface area contributed by atoms with E-state index >= 15 is 0 Å². The lowest BCUT2D eigenvalue weighted by molar-refractivity contribution is 0.0702. The summed E-state index contributed by atoms with van der Waals surface area (Å²) in [5, 5.41) is 0. The van der Waals surface area contributed by atoms with Crippen LogP contribution in [0.2, 0.25) is 0 Å². The zero-order chi connectivity index (χ0) is 16.0. The van der Waals surface area contributed by atoms with Crippen LogP contribution >= 0.6 is 0 Å². The molecule has 0 saturated heterocycles. The number of carbonyl (C=O) groups excluding carboxylic acids is 2.